The molecule has 0 amide bonds. The number of allylic oxidation sites excluding steroid dienone is 4. The number of methoxy groups -OCH3 is 1. The van der Waals surface area contributed by atoms with Gasteiger partial charge >= 0.3 is 0 Å². The maximum absolute atomic E-state index is 5.52. The summed E-state index contributed by atoms with van der Waals surface area (Å²) < 4.78 is 5.52. The molecular weight excluding hydrogens is 254 g/mol. The molecule has 0 aromatic carbocycles. The lowest BCUT2D eigenvalue weighted by molar-refractivity contribution is 0.406. The van der Waals surface area contributed by atoms with Crippen LogP contribution in [0.5, 0.6) is 5.75 Å². The highest BCUT2D eigenvalue weighted by Gasteiger charge is 2.22. The van der Waals surface area contributed by atoms with Gasteiger partial charge in [-0.1, -0.05) is 18.2 Å². The number of aryl methyl sites for hydroxylation is 1. The normalized spacial score (nSPS) is 22.8. The van der Waals surface area contributed by atoms with E-state index in [2.05, 4.69) is 35.5 Å². The van der Waals surface area contributed by atoms with Crippen LogP contribution < -0.4 is 4.74 Å². The van der Waals surface area contributed by atoms with Gasteiger partial charge in [-0.2, -0.15) is 10.9 Å². The van der Waals surface area contributed by atoms with Crippen LogP contribution >= 0.6 is 10.9 Å². The van der Waals surface area contributed by atoms with Crippen molar-refractivity contribution < 1.29 is 4.74 Å². The summed E-state index contributed by atoms with van der Waals surface area (Å²) in [6.07, 6.45) is 11.1. The van der Waals surface area contributed by atoms with Crippen molar-refractivity contribution in [2.24, 2.45) is 0 Å². The topological polar surface area (TPSA) is 22.1 Å². The summed E-state index contributed by atoms with van der Waals surface area (Å²) in [6, 6.07) is 0. The Morgan fingerprint density at radius 1 is 1.26 bits per heavy atom. The number of thiol groups is 1. The third-order valence-electron chi connectivity index (χ3n) is 3.72. The fraction of sp³-hybridized carbons (Fsp3) is 0.312. The average molecular weight is 273 g/mol. The Morgan fingerprint density at radius 2 is 2.11 bits per heavy atom. The molecule has 0 radical (unpaired) electrons. The van der Waals surface area contributed by atoms with Crippen molar-refractivity contribution in [2.75, 3.05) is 7.11 Å². The van der Waals surface area contributed by atoms with E-state index in [1.807, 2.05) is 13.1 Å². The number of hydrogen-bond acceptors (Lipinski definition) is 2. The smallest absolute Gasteiger partial charge is 0.128 e. The van der Waals surface area contributed by atoms with E-state index in [1.54, 1.807) is 7.11 Å². The van der Waals surface area contributed by atoms with Gasteiger partial charge in [0, 0.05) is 17.3 Å². The van der Waals surface area contributed by atoms with Crippen molar-refractivity contribution in [3.8, 4) is 5.75 Å². The van der Waals surface area contributed by atoms with Crippen molar-refractivity contribution in [3.05, 3.63) is 51.4 Å². The SMILES string of the molecule is COc1c(C)cnc([SH]2C=CC3=C2C=CCC3)c1C. The first kappa shape index (κ1) is 12.5. The first-order chi connectivity index (χ1) is 9.22. The van der Waals surface area contributed by atoms with Crippen molar-refractivity contribution in [3.63, 3.8) is 0 Å². The zero-order valence-electron chi connectivity index (χ0n) is 11.6. The van der Waals surface area contributed by atoms with Gasteiger partial charge in [-0.25, -0.2) is 0 Å². The summed E-state index contributed by atoms with van der Waals surface area (Å²) in [5, 5.41) is 3.52. The molecule has 1 unspecified atom stereocenters. The van der Waals surface area contributed by atoms with E-state index in [-0.39, 0.29) is 0 Å². The van der Waals surface area contributed by atoms with Gasteiger partial charge in [0.05, 0.1) is 12.1 Å². The number of nitrogens with zero attached hydrogens (tertiary/aromatic N) is 1. The number of aromatic nitrogens is 1. The molecule has 0 fully saturated rings. The molecule has 0 saturated heterocycles. The van der Waals surface area contributed by atoms with Crippen LogP contribution in [-0.4, -0.2) is 12.1 Å². The fourth-order valence-electron chi connectivity index (χ4n) is 2.77. The molecule has 2 aliphatic rings. The molecule has 2 nitrogen and oxygen atoms in total. The molecular formula is C16H19NOS. The summed E-state index contributed by atoms with van der Waals surface area (Å²) in [7, 11) is 1.31. The maximum Gasteiger partial charge on any atom is 0.128 e. The van der Waals surface area contributed by atoms with Crippen LogP contribution in [-0.2, 0) is 0 Å². The Hall–Kier alpha value is -1.48. The van der Waals surface area contributed by atoms with Crippen LogP contribution in [0.4, 0.5) is 0 Å². The van der Waals surface area contributed by atoms with E-state index < -0.39 is 10.9 Å². The minimum absolute atomic E-state index is 0.432. The molecule has 3 rings (SSSR count). The molecule has 100 valence electrons. The van der Waals surface area contributed by atoms with E-state index in [0.717, 1.165) is 17.7 Å². The van der Waals surface area contributed by atoms with Crippen molar-refractivity contribution in [1.29, 1.82) is 0 Å². The minimum atomic E-state index is -0.432. The van der Waals surface area contributed by atoms with Crippen molar-refractivity contribution in [1.82, 2.24) is 4.98 Å². The average Bonchev–Trinajstić information content (AvgIpc) is 2.83. The Bertz CT molecular complexity index is 613. The Morgan fingerprint density at radius 3 is 2.89 bits per heavy atom. The van der Waals surface area contributed by atoms with Gasteiger partial charge in [0.2, 0.25) is 0 Å². The van der Waals surface area contributed by atoms with Crippen molar-refractivity contribution in [2.45, 2.75) is 31.7 Å². The molecule has 3 heteroatoms. The third kappa shape index (κ3) is 2.02. The second kappa shape index (κ2) is 4.89. The first-order valence-electron chi connectivity index (χ1n) is 6.59. The Kier molecular flexibility index (Phi) is 3.23. The van der Waals surface area contributed by atoms with E-state index >= 15 is 0 Å². The summed E-state index contributed by atoms with van der Waals surface area (Å²) in [5.74, 6) is 0.981. The van der Waals surface area contributed by atoms with Crippen LogP contribution in [0.15, 0.2) is 45.3 Å². The lowest BCUT2D eigenvalue weighted by atomic mass is 10.1. The fourth-order valence-corrected chi connectivity index (χ4v) is 5.04. The third-order valence-corrected chi connectivity index (χ3v) is 6.03. The predicted octanol–water partition coefficient (Wildman–Crippen LogP) is 4.20. The molecule has 1 aliphatic carbocycles. The standard InChI is InChI=1S/C16H19NOS/c1-11-10-17-16(12(2)15(11)18-3)19-9-8-13-6-4-5-7-14(13)19/h5,7-10,19H,4,6H2,1-3H3. The first-order valence-corrected chi connectivity index (χ1v) is 8.00. The van der Waals surface area contributed by atoms with Gasteiger partial charge in [0.15, 0.2) is 0 Å². The molecule has 2 heterocycles. The second-order valence-corrected chi connectivity index (χ2v) is 6.90. The van der Waals surface area contributed by atoms with E-state index in [9.17, 15) is 0 Å². The molecule has 0 spiro atoms. The van der Waals surface area contributed by atoms with Gasteiger partial charge in [0.1, 0.15) is 5.75 Å². The summed E-state index contributed by atoms with van der Waals surface area (Å²) in [4.78, 5) is 6.16. The molecule has 19 heavy (non-hydrogen) atoms. The number of ether oxygens (including phenoxy) is 1. The van der Waals surface area contributed by atoms with Crippen LogP contribution in [0.2, 0.25) is 0 Å². The predicted molar refractivity (Wildman–Crippen MR) is 82.1 cm³/mol. The van der Waals surface area contributed by atoms with Crippen LogP contribution in [0.1, 0.15) is 24.0 Å². The Labute approximate surface area is 117 Å². The van der Waals surface area contributed by atoms with E-state index in [0.29, 0.717) is 0 Å². The van der Waals surface area contributed by atoms with Gasteiger partial charge in [-0.05, 0) is 42.6 Å². The van der Waals surface area contributed by atoms with E-state index in [4.69, 9.17) is 4.74 Å². The zero-order valence-corrected chi connectivity index (χ0v) is 12.5. The lowest BCUT2D eigenvalue weighted by Crippen LogP contribution is -1.98. The number of hydrogen-bond donors (Lipinski definition) is 1. The monoisotopic (exact) mass is 273 g/mol. The summed E-state index contributed by atoms with van der Waals surface area (Å²) in [5.41, 5.74) is 3.79. The molecule has 1 aromatic rings. The highest BCUT2D eigenvalue weighted by atomic mass is 32.2. The van der Waals surface area contributed by atoms with Crippen molar-refractivity contribution >= 4 is 10.9 Å². The number of rotatable bonds is 2. The summed E-state index contributed by atoms with van der Waals surface area (Å²) in [6.45, 7) is 4.17. The zero-order chi connectivity index (χ0) is 13.4. The van der Waals surface area contributed by atoms with Crippen LogP contribution in [0, 0.1) is 13.8 Å². The molecule has 0 saturated carbocycles. The molecule has 0 N–H and O–H groups in total. The quantitative estimate of drug-likeness (QED) is 0.816. The summed E-state index contributed by atoms with van der Waals surface area (Å²) >= 11 is 0. The molecule has 1 atom stereocenters. The highest BCUT2D eigenvalue weighted by Crippen LogP contribution is 2.54. The lowest BCUT2D eigenvalue weighted by Gasteiger charge is -2.21. The minimum Gasteiger partial charge on any atom is -0.496 e. The molecule has 1 aliphatic heterocycles. The molecule has 0 bridgehead atoms. The Balaban J connectivity index is 2.07. The van der Waals surface area contributed by atoms with E-state index in [1.165, 1.54) is 27.5 Å². The molecule has 1 aromatic heterocycles. The van der Waals surface area contributed by atoms with Gasteiger partial charge < -0.3 is 4.74 Å². The highest BCUT2D eigenvalue weighted by molar-refractivity contribution is 8.23. The van der Waals surface area contributed by atoms with Crippen LogP contribution in [0.3, 0.4) is 0 Å². The largest absolute Gasteiger partial charge is 0.496 e. The number of pyridine rings is 1. The van der Waals surface area contributed by atoms with Gasteiger partial charge in [0.25, 0.3) is 0 Å². The van der Waals surface area contributed by atoms with Crippen LogP contribution in [0.25, 0.3) is 0 Å². The van der Waals surface area contributed by atoms with Gasteiger partial charge in [-0.15, -0.1) is 0 Å². The van der Waals surface area contributed by atoms with Gasteiger partial charge in [-0.3, -0.25) is 4.98 Å². The maximum atomic E-state index is 5.52. The second-order valence-electron chi connectivity index (χ2n) is 4.96.